The zero-order valence-corrected chi connectivity index (χ0v) is 13.9. The first-order valence-electron chi connectivity index (χ1n) is 6.99. The molecule has 0 saturated heterocycles. The average Bonchev–Trinajstić information content (AvgIpc) is 2.60. The first kappa shape index (κ1) is 15.6. The molecule has 1 aliphatic rings. The van der Waals surface area contributed by atoms with Gasteiger partial charge in [0.25, 0.3) is 0 Å². The molecule has 1 heterocycles. The van der Waals surface area contributed by atoms with Crippen molar-refractivity contribution in [3.63, 3.8) is 0 Å². The lowest BCUT2D eigenvalue weighted by atomic mass is 10.1. The summed E-state index contributed by atoms with van der Waals surface area (Å²) in [6.45, 7) is 0.254. The van der Waals surface area contributed by atoms with E-state index in [1.807, 2.05) is 29.2 Å². The summed E-state index contributed by atoms with van der Waals surface area (Å²) < 4.78 is 11.3. The molecule has 0 fully saturated rings. The monoisotopic (exact) mass is 375 g/mol. The summed E-state index contributed by atoms with van der Waals surface area (Å²) in [5, 5.41) is 0. The minimum Gasteiger partial charge on any atom is -0.489 e. The summed E-state index contributed by atoms with van der Waals surface area (Å²) in [4.78, 5) is 25.1. The molecular weight excluding hydrogens is 362 g/mol. The van der Waals surface area contributed by atoms with E-state index in [0.29, 0.717) is 17.0 Å². The fourth-order valence-electron chi connectivity index (χ4n) is 2.53. The van der Waals surface area contributed by atoms with Gasteiger partial charge in [-0.1, -0.05) is 15.9 Å². The van der Waals surface area contributed by atoms with E-state index in [4.69, 9.17) is 9.47 Å². The van der Waals surface area contributed by atoms with Crippen LogP contribution >= 0.6 is 15.9 Å². The summed E-state index contributed by atoms with van der Waals surface area (Å²) in [5.74, 6) is 0.190. The molecule has 6 heteroatoms. The number of methoxy groups -OCH3 is 1. The quantitative estimate of drug-likeness (QED) is 0.608. The maximum absolute atomic E-state index is 11.8. The Kier molecular flexibility index (Phi) is 4.34. The number of aldehydes is 1. The van der Waals surface area contributed by atoms with Crippen molar-refractivity contribution < 1.29 is 19.1 Å². The third-order valence-electron chi connectivity index (χ3n) is 3.64. The van der Waals surface area contributed by atoms with Crippen molar-refractivity contribution in [3.8, 4) is 5.75 Å². The number of carbonyl (C=O) groups is 2. The van der Waals surface area contributed by atoms with Crippen molar-refractivity contribution in [2.24, 2.45) is 0 Å². The third-order valence-corrected chi connectivity index (χ3v) is 4.17. The van der Waals surface area contributed by atoms with Crippen LogP contribution in [0, 0.1) is 0 Å². The molecule has 0 radical (unpaired) electrons. The maximum atomic E-state index is 11.8. The van der Waals surface area contributed by atoms with E-state index in [9.17, 15) is 9.59 Å². The molecule has 2 aromatic carbocycles. The van der Waals surface area contributed by atoms with E-state index in [1.54, 1.807) is 18.2 Å². The number of halogens is 1. The molecule has 0 N–H and O–H groups in total. The van der Waals surface area contributed by atoms with Gasteiger partial charge in [-0.25, -0.2) is 4.79 Å². The second kappa shape index (κ2) is 6.42. The van der Waals surface area contributed by atoms with Gasteiger partial charge in [-0.15, -0.1) is 0 Å². The average molecular weight is 376 g/mol. The van der Waals surface area contributed by atoms with Crippen molar-refractivity contribution in [2.75, 3.05) is 18.6 Å². The van der Waals surface area contributed by atoms with Gasteiger partial charge in [0.05, 0.1) is 18.4 Å². The molecule has 0 saturated carbocycles. The Morgan fingerprint density at radius 1 is 1.30 bits per heavy atom. The van der Waals surface area contributed by atoms with E-state index >= 15 is 0 Å². The van der Waals surface area contributed by atoms with Crippen LogP contribution in [-0.4, -0.2) is 32.0 Å². The summed E-state index contributed by atoms with van der Waals surface area (Å²) in [5.41, 5.74) is 1.92. The van der Waals surface area contributed by atoms with Crippen molar-refractivity contribution in [2.45, 2.75) is 6.04 Å². The Bertz CT molecular complexity index is 745. The van der Waals surface area contributed by atoms with Crippen LogP contribution in [0.15, 0.2) is 46.9 Å². The van der Waals surface area contributed by atoms with Crippen LogP contribution in [0.3, 0.4) is 0 Å². The highest BCUT2D eigenvalue weighted by Crippen LogP contribution is 2.39. The number of rotatable bonds is 3. The van der Waals surface area contributed by atoms with Gasteiger partial charge in [-0.05, 0) is 42.5 Å². The molecule has 1 aliphatic heterocycles. The van der Waals surface area contributed by atoms with Gasteiger partial charge in [0.15, 0.2) is 0 Å². The Hall–Kier alpha value is -2.34. The van der Waals surface area contributed by atoms with E-state index in [0.717, 1.165) is 16.4 Å². The fraction of sp³-hybridized carbons (Fsp3) is 0.176. The van der Waals surface area contributed by atoms with Crippen molar-refractivity contribution in [1.29, 1.82) is 0 Å². The molecule has 1 atom stereocenters. The predicted octanol–water partition coefficient (Wildman–Crippen LogP) is 3.33. The molecule has 5 nitrogen and oxygen atoms in total. The molecule has 0 spiro atoms. The lowest BCUT2D eigenvalue weighted by molar-refractivity contribution is -0.109. The second-order valence-electron chi connectivity index (χ2n) is 5.03. The first-order chi connectivity index (χ1) is 11.1. The van der Waals surface area contributed by atoms with Gasteiger partial charge in [0, 0.05) is 10.2 Å². The molecule has 2 aromatic rings. The van der Waals surface area contributed by atoms with E-state index in [1.165, 1.54) is 7.11 Å². The van der Waals surface area contributed by atoms with E-state index in [2.05, 4.69) is 15.9 Å². The van der Waals surface area contributed by atoms with Crippen LogP contribution in [0.2, 0.25) is 0 Å². The third kappa shape index (κ3) is 2.94. The van der Waals surface area contributed by atoms with Crippen LogP contribution in [0.25, 0.3) is 0 Å². The normalized spacial score (nSPS) is 16.3. The highest BCUT2D eigenvalue weighted by Gasteiger charge is 2.29. The van der Waals surface area contributed by atoms with Gasteiger partial charge < -0.3 is 19.2 Å². The summed E-state index contributed by atoms with van der Waals surface area (Å²) >= 11 is 3.40. The Balaban J connectivity index is 2.11. The van der Waals surface area contributed by atoms with Gasteiger partial charge in [0.2, 0.25) is 0 Å². The number of benzene rings is 2. The van der Waals surface area contributed by atoms with Gasteiger partial charge in [0.1, 0.15) is 24.7 Å². The van der Waals surface area contributed by atoms with E-state index < -0.39 is 12.0 Å². The highest BCUT2D eigenvalue weighted by molar-refractivity contribution is 9.10. The van der Waals surface area contributed by atoms with Crippen molar-refractivity contribution in [1.82, 2.24) is 0 Å². The first-order valence-corrected chi connectivity index (χ1v) is 7.78. The molecule has 3 rings (SSSR count). The number of carbonyl (C=O) groups excluding carboxylic acids is 2. The van der Waals surface area contributed by atoms with Crippen molar-refractivity contribution >= 4 is 39.6 Å². The molecule has 0 aliphatic carbocycles. The zero-order valence-electron chi connectivity index (χ0n) is 12.4. The largest absolute Gasteiger partial charge is 0.489 e. The standard InChI is InChI=1S/C17H14BrNO4/c1-22-17(21)11-2-7-16-15(8-11)19(14(9-20)10-23-16)13-5-3-12(18)4-6-13/h2-9,14H,10H2,1H3. The molecule has 23 heavy (non-hydrogen) atoms. The molecule has 0 bridgehead atoms. The minimum atomic E-state index is -0.462. The van der Waals surface area contributed by atoms with Crippen LogP contribution < -0.4 is 9.64 Å². The Morgan fingerprint density at radius 3 is 2.70 bits per heavy atom. The van der Waals surface area contributed by atoms with Gasteiger partial charge in [-0.3, -0.25) is 0 Å². The summed E-state index contributed by atoms with van der Waals surface area (Å²) in [7, 11) is 1.33. The second-order valence-corrected chi connectivity index (χ2v) is 5.95. The number of hydrogen-bond acceptors (Lipinski definition) is 5. The number of nitrogens with zero attached hydrogens (tertiary/aromatic N) is 1. The van der Waals surface area contributed by atoms with E-state index in [-0.39, 0.29) is 6.61 Å². The number of esters is 1. The lowest BCUT2D eigenvalue weighted by Gasteiger charge is -2.36. The Labute approximate surface area is 141 Å². The van der Waals surface area contributed by atoms with Gasteiger partial charge >= 0.3 is 5.97 Å². The van der Waals surface area contributed by atoms with Crippen LogP contribution in [0.4, 0.5) is 11.4 Å². The fourth-order valence-corrected chi connectivity index (χ4v) is 2.80. The molecule has 0 amide bonds. The zero-order chi connectivity index (χ0) is 16.4. The molecule has 118 valence electrons. The number of hydrogen-bond donors (Lipinski definition) is 0. The maximum Gasteiger partial charge on any atom is 0.337 e. The topological polar surface area (TPSA) is 55.8 Å². The van der Waals surface area contributed by atoms with Crippen LogP contribution in [-0.2, 0) is 9.53 Å². The predicted molar refractivity (Wildman–Crippen MR) is 89.4 cm³/mol. The lowest BCUT2D eigenvalue weighted by Crippen LogP contribution is -2.41. The molecule has 1 unspecified atom stereocenters. The van der Waals surface area contributed by atoms with Crippen LogP contribution in [0.5, 0.6) is 5.75 Å². The number of anilines is 2. The summed E-state index contributed by atoms with van der Waals surface area (Å²) in [6, 6.07) is 12.2. The Morgan fingerprint density at radius 2 is 2.04 bits per heavy atom. The summed E-state index contributed by atoms with van der Waals surface area (Å²) in [6.07, 6.45) is 0.843. The van der Waals surface area contributed by atoms with Gasteiger partial charge in [-0.2, -0.15) is 0 Å². The number of fused-ring (bicyclic) bond motifs is 1. The van der Waals surface area contributed by atoms with Crippen LogP contribution in [0.1, 0.15) is 10.4 Å². The smallest absolute Gasteiger partial charge is 0.337 e. The highest BCUT2D eigenvalue weighted by atomic mass is 79.9. The molecule has 0 aromatic heterocycles. The minimum absolute atomic E-state index is 0.254. The van der Waals surface area contributed by atoms with Crippen molar-refractivity contribution in [3.05, 3.63) is 52.5 Å². The number of ether oxygens (including phenoxy) is 2. The molecular formula is C17H14BrNO4. The SMILES string of the molecule is COC(=O)c1ccc2c(c1)N(c1ccc(Br)cc1)C(C=O)CO2.